The summed E-state index contributed by atoms with van der Waals surface area (Å²) >= 11 is 0. The van der Waals surface area contributed by atoms with Crippen molar-refractivity contribution < 1.29 is 19.2 Å². The van der Waals surface area contributed by atoms with Crippen molar-refractivity contribution in [2.45, 2.75) is 25.7 Å². The number of aldehydes is 1. The molecule has 0 aliphatic heterocycles. The molecule has 0 spiro atoms. The second kappa shape index (κ2) is 7.93. The maximum atomic E-state index is 11.2. The molecule has 15 heavy (non-hydrogen) atoms. The number of nitrogens with zero attached hydrogens (tertiary/aromatic N) is 1. The lowest BCUT2D eigenvalue weighted by Gasteiger charge is -2.15. The van der Waals surface area contributed by atoms with E-state index in [0.717, 1.165) is 5.06 Å². The molecular weight excluding hydrogens is 200 g/mol. The van der Waals surface area contributed by atoms with E-state index in [-0.39, 0.29) is 19.3 Å². The van der Waals surface area contributed by atoms with E-state index in [1.807, 2.05) is 0 Å². The highest BCUT2D eigenvalue weighted by Gasteiger charge is 2.13. The molecule has 6 nitrogen and oxygen atoms in total. The number of carbonyl (C=O) groups excluding carboxylic acids is 3. The van der Waals surface area contributed by atoms with Gasteiger partial charge in [-0.05, 0) is 13.0 Å². The van der Waals surface area contributed by atoms with Crippen LogP contribution in [0.5, 0.6) is 0 Å². The van der Waals surface area contributed by atoms with E-state index >= 15 is 0 Å². The van der Waals surface area contributed by atoms with Gasteiger partial charge in [0.25, 0.3) is 5.91 Å². The Bertz CT molecular complexity index is 230. The Kier molecular flexibility index (Phi) is 7.17. The zero-order valence-corrected chi connectivity index (χ0v) is 8.77. The fraction of sp³-hybridized carbons (Fsp3) is 0.667. The van der Waals surface area contributed by atoms with Gasteiger partial charge in [0, 0.05) is 26.3 Å². The van der Waals surface area contributed by atoms with Crippen LogP contribution in [0.2, 0.25) is 0 Å². The summed E-state index contributed by atoms with van der Waals surface area (Å²) in [6.07, 6.45) is 1.52. The molecule has 86 valence electrons. The fourth-order valence-corrected chi connectivity index (χ4v) is 0.836. The normalized spacial score (nSPS) is 9.47. The van der Waals surface area contributed by atoms with Crippen LogP contribution in [-0.2, 0) is 19.2 Å². The van der Waals surface area contributed by atoms with Crippen molar-refractivity contribution in [1.82, 2.24) is 5.06 Å². The highest BCUT2D eigenvalue weighted by Crippen LogP contribution is 1.98. The van der Waals surface area contributed by atoms with Crippen molar-refractivity contribution in [2.75, 3.05) is 13.6 Å². The lowest BCUT2D eigenvalue weighted by atomic mass is 10.3. The average Bonchev–Trinajstić information content (AvgIpc) is 2.22. The van der Waals surface area contributed by atoms with E-state index in [4.69, 9.17) is 5.73 Å². The molecule has 0 aliphatic carbocycles. The van der Waals surface area contributed by atoms with Gasteiger partial charge in [-0.1, -0.05) is 0 Å². The van der Waals surface area contributed by atoms with Gasteiger partial charge in [0.1, 0.15) is 6.29 Å². The predicted molar refractivity (Wildman–Crippen MR) is 52.4 cm³/mol. The maximum Gasteiger partial charge on any atom is 0.332 e. The quantitative estimate of drug-likeness (QED) is 0.483. The van der Waals surface area contributed by atoms with E-state index in [1.165, 1.54) is 7.05 Å². The standard InChI is InChI=1S/C9H16N2O4/c1-11(8(13)4-3-7-12)15-9(14)5-2-6-10/h7H,2-6,10H2,1H3. The second-order valence-corrected chi connectivity index (χ2v) is 2.95. The van der Waals surface area contributed by atoms with Crippen LogP contribution in [0.25, 0.3) is 0 Å². The van der Waals surface area contributed by atoms with Crippen molar-refractivity contribution in [1.29, 1.82) is 0 Å². The molecule has 0 unspecified atom stereocenters. The zero-order valence-electron chi connectivity index (χ0n) is 8.77. The first-order chi connectivity index (χ1) is 7.11. The van der Waals surface area contributed by atoms with E-state index in [0.29, 0.717) is 19.3 Å². The summed E-state index contributed by atoms with van der Waals surface area (Å²) in [4.78, 5) is 36.9. The Morgan fingerprint density at radius 2 is 2.07 bits per heavy atom. The summed E-state index contributed by atoms with van der Waals surface area (Å²) in [5.74, 6) is -0.898. The number of hydrogen-bond donors (Lipinski definition) is 1. The van der Waals surface area contributed by atoms with E-state index < -0.39 is 11.9 Å². The summed E-state index contributed by atoms with van der Waals surface area (Å²) in [6, 6.07) is 0. The third kappa shape index (κ3) is 6.62. The number of nitrogens with two attached hydrogens (primary N) is 1. The molecule has 0 radical (unpaired) electrons. The Labute approximate surface area is 88.3 Å². The van der Waals surface area contributed by atoms with Gasteiger partial charge in [-0.25, -0.2) is 4.79 Å². The van der Waals surface area contributed by atoms with Crippen LogP contribution >= 0.6 is 0 Å². The van der Waals surface area contributed by atoms with Crippen LogP contribution in [-0.4, -0.2) is 36.8 Å². The van der Waals surface area contributed by atoms with Gasteiger partial charge in [0.05, 0.1) is 0 Å². The molecule has 0 aromatic heterocycles. The third-order valence-electron chi connectivity index (χ3n) is 1.65. The molecule has 1 amide bonds. The van der Waals surface area contributed by atoms with Crippen molar-refractivity contribution in [2.24, 2.45) is 5.73 Å². The summed E-state index contributed by atoms with van der Waals surface area (Å²) < 4.78 is 0. The molecule has 0 heterocycles. The molecular formula is C9H16N2O4. The van der Waals surface area contributed by atoms with E-state index in [1.54, 1.807) is 0 Å². The van der Waals surface area contributed by atoms with Crippen molar-refractivity contribution in [3.05, 3.63) is 0 Å². The van der Waals surface area contributed by atoms with Gasteiger partial charge in [0.15, 0.2) is 0 Å². The summed E-state index contributed by atoms with van der Waals surface area (Å²) in [6.45, 7) is 0.401. The second-order valence-electron chi connectivity index (χ2n) is 2.95. The Hall–Kier alpha value is -1.43. The molecule has 0 rings (SSSR count). The monoisotopic (exact) mass is 216 g/mol. The highest BCUT2D eigenvalue weighted by atomic mass is 16.7. The molecule has 0 aromatic carbocycles. The highest BCUT2D eigenvalue weighted by molar-refractivity contribution is 5.79. The summed E-state index contributed by atoms with van der Waals surface area (Å²) in [5, 5.41) is 0.850. The molecule has 2 N–H and O–H groups in total. The Balaban J connectivity index is 3.79. The minimum atomic E-state index is -0.498. The van der Waals surface area contributed by atoms with Gasteiger partial charge in [-0.3, -0.25) is 4.79 Å². The Morgan fingerprint density at radius 3 is 2.60 bits per heavy atom. The SMILES string of the molecule is CN(OC(=O)CCCN)C(=O)CCC=O. The number of hydrogen-bond acceptors (Lipinski definition) is 5. The fourth-order valence-electron chi connectivity index (χ4n) is 0.836. The smallest absolute Gasteiger partial charge is 0.332 e. The van der Waals surface area contributed by atoms with E-state index in [9.17, 15) is 14.4 Å². The third-order valence-corrected chi connectivity index (χ3v) is 1.65. The zero-order chi connectivity index (χ0) is 11.7. The summed E-state index contributed by atoms with van der Waals surface area (Å²) in [5.41, 5.74) is 5.21. The minimum Gasteiger partial charge on any atom is -0.338 e. The first kappa shape index (κ1) is 13.6. The van der Waals surface area contributed by atoms with E-state index in [2.05, 4.69) is 4.84 Å². The van der Waals surface area contributed by atoms with Gasteiger partial charge in [0.2, 0.25) is 0 Å². The molecule has 0 bridgehead atoms. The molecule has 0 atom stereocenters. The molecule has 6 heteroatoms. The van der Waals surface area contributed by atoms with Crippen LogP contribution in [0.15, 0.2) is 0 Å². The van der Waals surface area contributed by atoms with Crippen molar-refractivity contribution in [3.63, 3.8) is 0 Å². The van der Waals surface area contributed by atoms with Gasteiger partial charge < -0.3 is 15.4 Å². The topological polar surface area (TPSA) is 89.7 Å². The predicted octanol–water partition coefficient (Wildman–Crippen LogP) is -0.379. The maximum absolute atomic E-state index is 11.2. The molecule has 0 saturated heterocycles. The Morgan fingerprint density at radius 1 is 1.40 bits per heavy atom. The van der Waals surface area contributed by atoms with Crippen molar-refractivity contribution in [3.8, 4) is 0 Å². The first-order valence-electron chi connectivity index (χ1n) is 4.73. The summed E-state index contributed by atoms with van der Waals surface area (Å²) in [7, 11) is 1.34. The molecule has 0 fully saturated rings. The minimum absolute atomic E-state index is 0.0458. The van der Waals surface area contributed by atoms with Gasteiger partial charge in [-0.2, -0.15) is 5.06 Å². The largest absolute Gasteiger partial charge is 0.338 e. The lowest BCUT2D eigenvalue weighted by molar-refractivity contribution is -0.192. The number of hydroxylamine groups is 2. The lowest BCUT2D eigenvalue weighted by Crippen LogP contribution is -2.29. The molecule has 0 aromatic rings. The van der Waals surface area contributed by atoms with Gasteiger partial charge in [-0.15, -0.1) is 0 Å². The number of rotatable bonds is 6. The number of carbonyl (C=O) groups is 3. The van der Waals surface area contributed by atoms with Crippen molar-refractivity contribution >= 4 is 18.2 Å². The van der Waals surface area contributed by atoms with Crippen LogP contribution in [0.1, 0.15) is 25.7 Å². The van der Waals surface area contributed by atoms with Crippen LogP contribution in [0.4, 0.5) is 0 Å². The average molecular weight is 216 g/mol. The van der Waals surface area contributed by atoms with Crippen LogP contribution in [0, 0.1) is 0 Å². The van der Waals surface area contributed by atoms with Gasteiger partial charge >= 0.3 is 5.97 Å². The first-order valence-corrected chi connectivity index (χ1v) is 4.73. The van der Waals surface area contributed by atoms with Crippen LogP contribution < -0.4 is 5.73 Å². The van der Waals surface area contributed by atoms with Crippen LogP contribution in [0.3, 0.4) is 0 Å². The molecule has 0 saturated carbocycles. The molecule has 0 aliphatic rings. The number of amides is 1.